The smallest absolute Gasteiger partial charge is 0.419 e. The molecule has 1 atom stereocenters. The molecule has 2 aliphatic heterocycles. The van der Waals surface area contributed by atoms with Gasteiger partial charge in [0.15, 0.2) is 0 Å². The highest BCUT2D eigenvalue weighted by molar-refractivity contribution is 6.31. The van der Waals surface area contributed by atoms with Gasteiger partial charge in [-0.05, 0) is 50.1 Å². The van der Waals surface area contributed by atoms with Crippen molar-refractivity contribution in [2.24, 2.45) is 5.92 Å². The summed E-state index contributed by atoms with van der Waals surface area (Å²) in [6.07, 6.45) is -1.71. The number of hydrogen-bond acceptors (Lipinski definition) is 8. The molecule has 0 saturated carbocycles. The van der Waals surface area contributed by atoms with Gasteiger partial charge >= 0.3 is 12.1 Å². The van der Waals surface area contributed by atoms with E-state index >= 15 is 0 Å². The summed E-state index contributed by atoms with van der Waals surface area (Å²) in [4.78, 5) is 31.6. The van der Waals surface area contributed by atoms with Gasteiger partial charge in [-0.1, -0.05) is 11.6 Å². The fourth-order valence-electron chi connectivity index (χ4n) is 5.16. The lowest BCUT2D eigenvalue weighted by Gasteiger charge is -2.37. The zero-order valence-corrected chi connectivity index (χ0v) is 23.1. The van der Waals surface area contributed by atoms with E-state index in [1.54, 1.807) is 24.0 Å². The minimum atomic E-state index is -4.51. The molecule has 2 aromatic heterocycles. The van der Waals surface area contributed by atoms with E-state index in [1.165, 1.54) is 24.4 Å². The molecule has 0 N–H and O–H groups in total. The Hall–Kier alpha value is -3.67. The Morgan fingerprint density at radius 3 is 2.51 bits per heavy atom. The van der Waals surface area contributed by atoms with Crippen molar-refractivity contribution in [2.75, 3.05) is 60.6 Å². The van der Waals surface area contributed by atoms with Crippen LogP contribution >= 0.6 is 11.6 Å². The second kappa shape index (κ2) is 12.1. The third kappa shape index (κ3) is 6.47. The lowest BCUT2D eigenvalue weighted by atomic mass is 9.98. The number of nitrogens with zero attached hydrogens (tertiary/aromatic N) is 6. The predicted molar refractivity (Wildman–Crippen MR) is 148 cm³/mol. The Balaban J connectivity index is 1.43. The lowest BCUT2D eigenvalue weighted by Crippen LogP contribution is -2.48. The van der Waals surface area contributed by atoms with Gasteiger partial charge in [0.05, 0.1) is 28.8 Å². The summed E-state index contributed by atoms with van der Waals surface area (Å²) in [5, 5.41) is -0.0472. The molecule has 0 bridgehead atoms. The number of ether oxygens (including phenoxy) is 1. The zero-order valence-electron chi connectivity index (χ0n) is 22.4. The van der Waals surface area contributed by atoms with Gasteiger partial charge in [0.1, 0.15) is 17.5 Å². The van der Waals surface area contributed by atoms with Gasteiger partial charge in [0.2, 0.25) is 5.95 Å². The SMILES string of the molecule is CCOC(=O)C1CCCN(c2nc(-c3ccc(F)c(Cl)c3)cc(N3CCN(c4ncccc4C(F)(F)F)CC3)n2)C1. The summed E-state index contributed by atoms with van der Waals surface area (Å²) in [7, 11) is 0. The van der Waals surface area contributed by atoms with Crippen LogP contribution in [0.4, 0.5) is 35.1 Å². The predicted octanol–water partition coefficient (Wildman–Crippen LogP) is 5.46. The maximum Gasteiger partial charge on any atom is 0.419 e. The summed E-state index contributed by atoms with van der Waals surface area (Å²) in [6, 6.07) is 8.40. The molecule has 0 amide bonds. The summed E-state index contributed by atoms with van der Waals surface area (Å²) < 4.78 is 59.9. The Labute approximate surface area is 239 Å². The van der Waals surface area contributed by atoms with Gasteiger partial charge in [-0.15, -0.1) is 0 Å². The Bertz CT molecular complexity index is 1400. The molecule has 0 radical (unpaired) electrons. The number of rotatable bonds is 6. The van der Waals surface area contributed by atoms with E-state index in [0.29, 0.717) is 75.3 Å². The molecule has 13 heteroatoms. The number of aromatic nitrogens is 3. The van der Waals surface area contributed by atoms with E-state index in [2.05, 4.69) is 4.98 Å². The number of alkyl halides is 3. The van der Waals surface area contributed by atoms with Gasteiger partial charge in [-0.3, -0.25) is 4.79 Å². The third-order valence-electron chi connectivity index (χ3n) is 7.24. The van der Waals surface area contributed by atoms with Gasteiger partial charge in [0.25, 0.3) is 0 Å². The molecule has 3 aromatic rings. The van der Waals surface area contributed by atoms with Crippen molar-refractivity contribution in [2.45, 2.75) is 25.9 Å². The van der Waals surface area contributed by atoms with Crippen LogP contribution in [-0.4, -0.2) is 66.8 Å². The number of hydrogen-bond donors (Lipinski definition) is 0. The average Bonchev–Trinajstić information content (AvgIpc) is 2.98. The maximum absolute atomic E-state index is 13.9. The minimum Gasteiger partial charge on any atom is -0.466 e. The first kappa shape index (κ1) is 28.8. The van der Waals surface area contributed by atoms with Crippen LogP contribution in [0.25, 0.3) is 11.3 Å². The lowest BCUT2D eigenvalue weighted by molar-refractivity contribution is -0.148. The summed E-state index contributed by atoms with van der Waals surface area (Å²) in [5.74, 6) is -0.254. The van der Waals surface area contributed by atoms with Gasteiger partial charge in [0, 0.05) is 57.1 Å². The first-order chi connectivity index (χ1) is 19.6. The topological polar surface area (TPSA) is 74.7 Å². The van der Waals surface area contributed by atoms with E-state index in [-0.39, 0.29) is 22.7 Å². The van der Waals surface area contributed by atoms with Crippen molar-refractivity contribution >= 4 is 35.2 Å². The zero-order chi connectivity index (χ0) is 29.1. The third-order valence-corrected chi connectivity index (χ3v) is 7.53. The fourth-order valence-corrected chi connectivity index (χ4v) is 5.34. The van der Waals surface area contributed by atoms with Crippen molar-refractivity contribution in [3.05, 3.63) is 59.0 Å². The van der Waals surface area contributed by atoms with Crippen molar-refractivity contribution in [3.63, 3.8) is 0 Å². The van der Waals surface area contributed by atoms with Crippen LogP contribution in [0.3, 0.4) is 0 Å². The Morgan fingerprint density at radius 2 is 1.80 bits per heavy atom. The number of piperazine rings is 1. The molecule has 41 heavy (non-hydrogen) atoms. The van der Waals surface area contributed by atoms with Crippen molar-refractivity contribution in [1.82, 2.24) is 15.0 Å². The second-order valence-corrected chi connectivity index (χ2v) is 10.3. The minimum absolute atomic E-state index is 0.0472. The highest BCUT2D eigenvalue weighted by Crippen LogP contribution is 2.36. The summed E-state index contributed by atoms with van der Waals surface area (Å²) >= 11 is 6.06. The summed E-state index contributed by atoms with van der Waals surface area (Å²) in [5.41, 5.74) is 0.327. The molecule has 1 unspecified atom stereocenters. The maximum atomic E-state index is 13.9. The van der Waals surface area contributed by atoms with Gasteiger partial charge in [-0.25, -0.2) is 14.4 Å². The molecule has 0 spiro atoms. The van der Waals surface area contributed by atoms with Crippen molar-refractivity contribution in [1.29, 1.82) is 0 Å². The Morgan fingerprint density at radius 1 is 1.05 bits per heavy atom. The van der Waals surface area contributed by atoms with Crippen LogP contribution < -0.4 is 14.7 Å². The number of esters is 1. The van der Waals surface area contributed by atoms with E-state index in [9.17, 15) is 22.4 Å². The van der Waals surface area contributed by atoms with Crippen LogP contribution in [0.1, 0.15) is 25.3 Å². The van der Waals surface area contributed by atoms with Crippen LogP contribution in [0.5, 0.6) is 0 Å². The molecule has 218 valence electrons. The highest BCUT2D eigenvalue weighted by Gasteiger charge is 2.36. The van der Waals surface area contributed by atoms with Crippen LogP contribution in [0, 0.1) is 11.7 Å². The number of carbonyl (C=O) groups excluding carboxylic acids is 1. The van der Waals surface area contributed by atoms with E-state index < -0.39 is 17.6 Å². The van der Waals surface area contributed by atoms with Crippen LogP contribution in [-0.2, 0) is 15.7 Å². The highest BCUT2D eigenvalue weighted by atomic mass is 35.5. The fraction of sp³-hybridized carbons (Fsp3) is 0.429. The molecular formula is C28H29ClF4N6O2. The molecular weight excluding hydrogens is 564 g/mol. The van der Waals surface area contributed by atoms with Crippen molar-refractivity contribution in [3.8, 4) is 11.3 Å². The molecule has 2 aliphatic rings. The number of carbonyl (C=O) groups is 1. The van der Waals surface area contributed by atoms with Crippen molar-refractivity contribution < 1.29 is 27.1 Å². The normalized spacial score (nSPS) is 18.0. The first-order valence-corrected chi connectivity index (χ1v) is 13.8. The molecule has 4 heterocycles. The number of anilines is 3. The average molecular weight is 593 g/mol. The monoisotopic (exact) mass is 592 g/mol. The van der Waals surface area contributed by atoms with E-state index in [0.717, 1.165) is 12.5 Å². The van der Waals surface area contributed by atoms with E-state index in [1.807, 2.05) is 9.80 Å². The first-order valence-electron chi connectivity index (χ1n) is 13.4. The van der Waals surface area contributed by atoms with E-state index in [4.69, 9.17) is 26.3 Å². The second-order valence-electron chi connectivity index (χ2n) is 9.92. The quantitative estimate of drug-likeness (QED) is 0.276. The molecule has 5 rings (SSSR count). The number of halogens is 5. The largest absolute Gasteiger partial charge is 0.466 e. The molecule has 2 fully saturated rings. The molecule has 1 aromatic carbocycles. The Kier molecular flexibility index (Phi) is 8.48. The van der Waals surface area contributed by atoms with Crippen LogP contribution in [0.2, 0.25) is 5.02 Å². The summed E-state index contributed by atoms with van der Waals surface area (Å²) in [6.45, 7) is 4.46. The number of piperidine rings is 1. The van der Waals surface area contributed by atoms with Crippen LogP contribution in [0.15, 0.2) is 42.6 Å². The standard InChI is InChI=1S/C28H29ClF4N6O2/c1-2-41-26(40)19-5-4-10-39(17-19)27-35-23(18-7-8-22(30)21(29)15-18)16-24(36-27)37-11-13-38(14-12-37)25-20(28(31,32)33)6-3-9-34-25/h3,6-9,15-16,19H,2,4-5,10-14,17H2,1H3. The van der Waals surface area contributed by atoms with Gasteiger partial charge in [-0.2, -0.15) is 18.2 Å². The molecule has 2 saturated heterocycles. The van der Waals surface area contributed by atoms with Gasteiger partial charge < -0.3 is 19.4 Å². The molecule has 0 aliphatic carbocycles. The number of benzene rings is 1. The number of pyridine rings is 1. The molecule has 8 nitrogen and oxygen atoms in total.